The zero-order valence-electron chi connectivity index (χ0n) is 14.5. The van der Waals surface area contributed by atoms with Crippen LogP contribution in [0.15, 0.2) is 72.8 Å². The molecule has 0 aromatic heterocycles. The van der Waals surface area contributed by atoms with Gasteiger partial charge in [0.2, 0.25) is 6.86 Å². The lowest BCUT2D eigenvalue weighted by molar-refractivity contribution is -0.00627. The van der Waals surface area contributed by atoms with Crippen LogP contribution in [0, 0.1) is 0 Å². The molecule has 0 fully saturated rings. The first-order chi connectivity index (χ1) is 13.1. The van der Waals surface area contributed by atoms with Gasteiger partial charge in [-0.3, -0.25) is 9.88 Å². The molecule has 3 aromatic rings. The molecule has 0 heterocycles. The molecule has 0 aliphatic heterocycles. The molecule has 0 radical (unpaired) electrons. The van der Waals surface area contributed by atoms with Gasteiger partial charge >= 0.3 is 0 Å². The van der Waals surface area contributed by atoms with Crippen LogP contribution in [0.4, 0.5) is 13.4 Å². The molecule has 0 saturated heterocycles. The maximum atomic E-state index is 12.4. The largest absolute Gasteiger partial charge is 0.463 e. The predicted molar refractivity (Wildman–Crippen MR) is 95.0 cm³/mol. The summed E-state index contributed by atoms with van der Waals surface area (Å²) in [6.07, 6.45) is 0. The standard InChI is InChI=1S/C21H17F3O3/c1-21(16-4-10-19(26-23)11-5-16,17-6-12-20(27-24)13-7-17)15-2-8-18(9-3-15)25-14-22/h2-13H,14H2,1H3. The molecule has 0 amide bonds. The molecule has 0 saturated carbocycles. The lowest BCUT2D eigenvalue weighted by atomic mass is 9.71. The van der Waals surface area contributed by atoms with E-state index in [2.05, 4.69) is 9.88 Å². The molecule has 3 rings (SSSR count). The summed E-state index contributed by atoms with van der Waals surface area (Å²) in [5.74, 6) is 0.592. The van der Waals surface area contributed by atoms with Crippen LogP contribution in [0.1, 0.15) is 23.6 Å². The van der Waals surface area contributed by atoms with E-state index in [0.717, 1.165) is 16.7 Å². The predicted octanol–water partition coefficient (Wildman–Crippen LogP) is 5.87. The summed E-state index contributed by atoms with van der Waals surface area (Å²) in [4.78, 5) is 7.51. The van der Waals surface area contributed by atoms with E-state index in [0.29, 0.717) is 5.75 Å². The molecule has 0 spiro atoms. The molecule has 0 atom stereocenters. The van der Waals surface area contributed by atoms with Crippen molar-refractivity contribution in [2.45, 2.75) is 12.3 Å². The summed E-state index contributed by atoms with van der Waals surface area (Å²) >= 11 is 0. The molecule has 0 bridgehead atoms. The summed E-state index contributed by atoms with van der Waals surface area (Å²) < 4.78 is 42.1. The Morgan fingerprint density at radius 1 is 0.630 bits per heavy atom. The molecule has 27 heavy (non-hydrogen) atoms. The minimum atomic E-state index is -0.911. The Hall–Kier alpha value is -3.15. The zero-order chi connectivity index (χ0) is 19.3. The first-order valence-electron chi connectivity index (χ1n) is 8.19. The van der Waals surface area contributed by atoms with Gasteiger partial charge in [-0.2, -0.15) is 0 Å². The van der Waals surface area contributed by atoms with Gasteiger partial charge in [0.15, 0.2) is 11.5 Å². The minimum Gasteiger partial charge on any atom is -0.463 e. The Kier molecular flexibility index (Phi) is 5.54. The van der Waals surface area contributed by atoms with Crippen LogP contribution in [0.5, 0.6) is 17.2 Å². The lowest BCUT2D eigenvalue weighted by Crippen LogP contribution is -2.25. The van der Waals surface area contributed by atoms with Crippen LogP contribution < -0.4 is 14.6 Å². The third-order valence-electron chi connectivity index (χ3n) is 4.69. The lowest BCUT2D eigenvalue weighted by Gasteiger charge is -2.32. The van der Waals surface area contributed by atoms with Gasteiger partial charge in [-0.25, -0.2) is 4.39 Å². The summed E-state index contributed by atoms with van der Waals surface area (Å²) in [6.45, 7) is 1.07. The van der Waals surface area contributed by atoms with Crippen LogP contribution in [0.2, 0.25) is 0 Å². The summed E-state index contributed by atoms with van der Waals surface area (Å²) in [5.41, 5.74) is 1.95. The highest BCUT2D eigenvalue weighted by atomic mass is 19.3. The molecular weight excluding hydrogens is 357 g/mol. The van der Waals surface area contributed by atoms with Crippen LogP contribution in [-0.2, 0) is 5.41 Å². The second-order valence-electron chi connectivity index (χ2n) is 6.11. The van der Waals surface area contributed by atoms with Crippen LogP contribution in [0.25, 0.3) is 0 Å². The Labute approximate surface area is 154 Å². The molecule has 0 unspecified atom stereocenters. The molecule has 3 aromatic carbocycles. The zero-order valence-corrected chi connectivity index (χ0v) is 14.5. The van der Waals surface area contributed by atoms with E-state index < -0.39 is 12.3 Å². The van der Waals surface area contributed by atoms with Crippen molar-refractivity contribution in [1.29, 1.82) is 0 Å². The number of benzene rings is 3. The van der Waals surface area contributed by atoms with Crippen molar-refractivity contribution in [2.24, 2.45) is 0 Å². The van der Waals surface area contributed by atoms with E-state index in [1.165, 1.54) is 24.3 Å². The van der Waals surface area contributed by atoms with Gasteiger partial charge in [-0.1, -0.05) is 36.4 Å². The van der Waals surface area contributed by atoms with E-state index in [4.69, 9.17) is 4.74 Å². The average Bonchev–Trinajstić information content (AvgIpc) is 2.74. The molecular formula is C21H17F3O3. The summed E-state index contributed by atoms with van der Waals surface area (Å²) in [7, 11) is 0. The summed E-state index contributed by atoms with van der Waals surface area (Å²) in [5, 5.41) is 0. The molecule has 0 N–H and O–H groups in total. The van der Waals surface area contributed by atoms with Crippen molar-refractivity contribution >= 4 is 0 Å². The van der Waals surface area contributed by atoms with E-state index >= 15 is 0 Å². The van der Waals surface area contributed by atoms with Crippen LogP contribution in [-0.4, -0.2) is 6.86 Å². The molecule has 3 nitrogen and oxygen atoms in total. The smallest absolute Gasteiger partial charge is 0.228 e. The van der Waals surface area contributed by atoms with Crippen molar-refractivity contribution in [3.63, 3.8) is 0 Å². The summed E-state index contributed by atoms with van der Waals surface area (Å²) in [6, 6.07) is 20.1. The number of alkyl halides is 1. The highest BCUT2D eigenvalue weighted by Crippen LogP contribution is 2.40. The minimum absolute atomic E-state index is 0.0916. The number of hydrogen-bond donors (Lipinski definition) is 0. The molecule has 6 heteroatoms. The Bertz CT molecular complexity index is 815. The Balaban J connectivity index is 2.11. The number of ether oxygens (including phenoxy) is 1. The third-order valence-corrected chi connectivity index (χ3v) is 4.69. The first-order valence-corrected chi connectivity index (χ1v) is 8.19. The average molecular weight is 374 g/mol. The second-order valence-corrected chi connectivity index (χ2v) is 6.11. The Morgan fingerprint density at radius 2 is 0.963 bits per heavy atom. The van der Waals surface area contributed by atoms with Crippen molar-refractivity contribution in [3.8, 4) is 17.2 Å². The highest BCUT2D eigenvalue weighted by molar-refractivity contribution is 5.52. The quantitative estimate of drug-likeness (QED) is 0.484. The number of rotatable bonds is 7. The van der Waals surface area contributed by atoms with Crippen molar-refractivity contribution in [1.82, 2.24) is 0 Å². The highest BCUT2D eigenvalue weighted by Gasteiger charge is 2.31. The van der Waals surface area contributed by atoms with E-state index in [-0.39, 0.29) is 11.5 Å². The third kappa shape index (κ3) is 3.69. The fraction of sp³-hybridized carbons (Fsp3) is 0.143. The topological polar surface area (TPSA) is 27.7 Å². The van der Waals surface area contributed by atoms with Crippen molar-refractivity contribution in [2.75, 3.05) is 6.86 Å². The molecule has 0 aliphatic rings. The van der Waals surface area contributed by atoms with Gasteiger partial charge in [-0.15, -0.1) is 0 Å². The van der Waals surface area contributed by atoms with Crippen LogP contribution in [0.3, 0.4) is 0 Å². The van der Waals surface area contributed by atoms with Gasteiger partial charge in [0.05, 0.1) is 0 Å². The van der Waals surface area contributed by atoms with Crippen LogP contribution >= 0.6 is 0 Å². The monoisotopic (exact) mass is 374 g/mol. The molecule has 0 aliphatic carbocycles. The Morgan fingerprint density at radius 3 is 1.26 bits per heavy atom. The maximum Gasteiger partial charge on any atom is 0.228 e. The van der Waals surface area contributed by atoms with E-state index in [1.807, 2.05) is 19.1 Å². The van der Waals surface area contributed by atoms with Gasteiger partial charge < -0.3 is 4.74 Å². The first kappa shape index (κ1) is 18.6. The molecule has 140 valence electrons. The van der Waals surface area contributed by atoms with E-state index in [9.17, 15) is 13.4 Å². The number of hydrogen-bond acceptors (Lipinski definition) is 3. The van der Waals surface area contributed by atoms with Gasteiger partial charge in [0.25, 0.3) is 0 Å². The van der Waals surface area contributed by atoms with Crippen molar-refractivity contribution in [3.05, 3.63) is 89.5 Å². The van der Waals surface area contributed by atoms with Gasteiger partial charge in [-0.05, 0) is 60.0 Å². The van der Waals surface area contributed by atoms with E-state index in [1.54, 1.807) is 36.4 Å². The fourth-order valence-corrected chi connectivity index (χ4v) is 3.13. The van der Waals surface area contributed by atoms with Crippen molar-refractivity contribution < 1.29 is 28.1 Å². The fourth-order valence-electron chi connectivity index (χ4n) is 3.13. The maximum absolute atomic E-state index is 12.4. The number of halogens is 3. The van der Waals surface area contributed by atoms with Gasteiger partial charge in [0, 0.05) is 14.5 Å². The SMILES string of the molecule is CC(c1ccc(OF)cc1)(c1ccc(OF)cc1)c1ccc(OCF)cc1. The normalized spacial score (nSPS) is 11.1. The second kappa shape index (κ2) is 8.03. The van der Waals surface area contributed by atoms with Gasteiger partial charge in [0.1, 0.15) is 5.75 Å².